The number of urea groups is 1. The highest BCUT2D eigenvalue weighted by molar-refractivity contribution is 7.23. The van der Waals surface area contributed by atoms with Gasteiger partial charge in [0.2, 0.25) is 0 Å². The number of aliphatic imine (C=N–C) groups is 1. The van der Waals surface area contributed by atoms with E-state index in [0.717, 1.165) is 22.9 Å². The summed E-state index contributed by atoms with van der Waals surface area (Å²) < 4.78 is 44.1. The van der Waals surface area contributed by atoms with Crippen molar-refractivity contribution in [1.29, 1.82) is 0 Å². The zero-order valence-electron chi connectivity index (χ0n) is 24.9. The standard InChI is InChI=1S/C27H35N5O5S.C2HF3O2/c1-3-28-26(35)30-23-21(18-10-7-11-19(36-2)22(18)38-23)24(33)32-14-12-27(13-15-32)25(34)29-20(31-27)16-37-17-8-5-4-6-9-17;3-2(4,5)1(6)7/h7,10-11,17H,3-6,8-9,12-16H2,1-2H3,(H2,28,30,35)(H,29,31,34);(H,6,7). The zero-order valence-corrected chi connectivity index (χ0v) is 25.7. The van der Waals surface area contributed by atoms with Crippen molar-refractivity contribution in [2.45, 2.75) is 69.7 Å². The monoisotopic (exact) mass is 655 g/mol. The lowest BCUT2D eigenvalue weighted by atomic mass is 9.87. The summed E-state index contributed by atoms with van der Waals surface area (Å²) >= 11 is 1.31. The summed E-state index contributed by atoms with van der Waals surface area (Å²) in [5.74, 6) is -1.83. The Labute approximate surface area is 261 Å². The molecule has 246 valence electrons. The Hall–Kier alpha value is -3.92. The van der Waals surface area contributed by atoms with Gasteiger partial charge in [0, 0.05) is 25.0 Å². The van der Waals surface area contributed by atoms with Crippen LogP contribution in [0.1, 0.15) is 62.2 Å². The molecule has 1 aromatic carbocycles. The summed E-state index contributed by atoms with van der Waals surface area (Å²) in [6, 6.07) is 5.16. The normalized spacial score (nSPS) is 18.1. The average molecular weight is 656 g/mol. The van der Waals surface area contributed by atoms with E-state index in [1.807, 2.05) is 25.1 Å². The van der Waals surface area contributed by atoms with Crippen molar-refractivity contribution in [2.75, 3.05) is 38.7 Å². The molecule has 0 atom stereocenters. The molecule has 2 aromatic rings. The number of hydrogen-bond acceptors (Lipinski definition) is 8. The third-order valence-corrected chi connectivity index (χ3v) is 8.97. The van der Waals surface area contributed by atoms with Crippen LogP contribution in [0, 0.1) is 0 Å². The molecule has 5 rings (SSSR count). The molecule has 1 aromatic heterocycles. The number of rotatable bonds is 7. The fourth-order valence-corrected chi connectivity index (χ4v) is 6.70. The van der Waals surface area contributed by atoms with E-state index in [2.05, 4.69) is 16.0 Å². The SMILES string of the molecule is CCNC(=O)Nc1sc2c(OC)cccc2c1C(=O)N1CCC2(CC1)N=C(COC1CCCCC1)NC2=O.O=C(O)C(F)(F)F. The number of hydrogen-bond donors (Lipinski definition) is 4. The maximum Gasteiger partial charge on any atom is 0.490 e. The highest BCUT2D eigenvalue weighted by Gasteiger charge is 2.47. The minimum absolute atomic E-state index is 0.115. The Morgan fingerprint density at radius 2 is 1.84 bits per heavy atom. The topological polar surface area (TPSA) is 159 Å². The van der Waals surface area contributed by atoms with E-state index < -0.39 is 17.7 Å². The number of aliphatic carboxylic acids is 1. The van der Waals surface area contributed by atoms with Crippen LogP contribution in [0.3, 0.4) is 0 Å². The largest absolute Gasteiger partial charge is 0.495 e. The molecule has 1 spiro atoms. The van der Waals surface area contributed by atoms with Crippen molar-refractivity contribution in [3.63, 3.8) is 0 Å². The molecule has 12 nitrogen and oxygen atoms in total. The number of alkyl halides is 3. The highest BCUT2D eigenvalue weighted by atomic mass is 32.1. The van der Waals surface area contributed by atoms with Crippen LogP contribution in [0.4, 0.5) is 23.0 Å². The number of methoxy groups -OCH3 is 1. The number of benzene rings is 1. The van der Waals surface area contributed by atoms with Crippen LogP contribution in [0.5, 0.6) is 5.75 Å². The Balaban J connectivity index is 0.000000591. The molecule has 1 saturated heterocycles. The van der Waals surface area contributed by atoms with Crippen molar-refractivity contribution in [3.8, 4) is 5.75 Å². The van der Waals surface area contributed by atoms with Crippen LogP contribution < -0.4 is 20.7 Å². The molecular formula is C29H36F3N5O7S. The predicted molar refractivity (Wildman–Crippen MR) is 161 cm³/mol. The molecule has 0 bridgehead atoms. The minimum atomic E-state index is -5.08. The highest BCUT2D eigenvalue weighted by Crippen LogP contribution is 2.42. The molecule has 1 aliphatic carbocycles. The van der Waals surface area contributed by atoms with E-state index >= 15 is 0 Å². The Kier molecular flexibility index (Phi) is 10.9. The molecule has 3 aliphatic rings. The van der Waals surface area contributed by atoms with Crippen LogP contribution >= 0.6 is 11.3 Å². The lowest BCUT2D eigenvalue weighted by molar-refractivity contribution is -0.192. The maximum atomic E-state index is 13.8. The number of carboxylic acid groups (broad SMARTS) is 1. The van der Waals surface area contributed by atoms with Crippen LogP contribution in [-0.4, -0.2) is 90.8 Å². The van der Waals surface area contributed by atoms with Crippen LogP contribution in [-0.2, 0) is 14.3 Å². The number of amidine groups is 1. The summed E-state index contributed by atoms with van der Waals surface area (Å²) in [7, 11) is 1.58. The van der Waals surface area contributed by atoms with Gasteiger partial charge in [-0.05, 0) is 38.7 Å². The van der Waals surface area contributed by atoms with Gasteiger partial charge >= 0.3 is 18.2 Å². The minimum Gasteiger partial charge on any atom is -0.495 e. The van der Waals surface area contributed by atoms with Gasteiger partial charge in [-0.3, -0.25) is 19.9 Å². The molecular weight excluding hydrogens is 619 g/mol. The van der Waals surface area contributed by atoms with Gasteiger partial charge in [0.1, 0.15) is 28.7 Å². The summed E-state index contributed by atoms with van der Waals surface area (Å²) in [4.78, 5) is 54.5. The van der Waals surface area contributed by atoms with Gasteiger partial charge in [0.15, 0.2) is 0 Å². The van der Waals surface area contributed by atoms with Crippen LogP contribution in [0.25, 0.3) is 10.1 Å². The third kappa shape index (κ3) is 8.03. The first-order valence-electron chi connectivity index (χ1n) is 14.6. The predicted octanol–water partition coefficient (Wildman–Crippen LogP) is 4.54. The summed E-state index contributed by atoms with van der Waals surface area (Å²) in [5, 5.41) is 16.8. The van der Waals surface area contributed by atoms with Crippen molar-refractivity contribution >= 4 is 56.1 Å². The molecule has 4 N–H and O–H groups in total. The quantitative estimate of drug-likeness (QED) is 0.341. The molecule has 0 radical (unpaired) electrons. The Bertz CT molecular complexity index is 1450. The van der Waals surface area contributed by atoms with Crippen molar-refractivity contribution in [1.82, 2.24) is 15.5 Å². The number of anilines is 1. The number of halogens is 3. The van der Waals surface area contributed by atoms with E-state index in [4.69, 9.17) is 24.4 Å². The molecule has 1 saturated carbocycles. The van der Waals surface area contributed by atoms with Gasteiger partial charge in [-0.2, -0.15) is 13.2 Å². The van der Waals surface area contributed by atoms with Gasteiger partial charge in [0.05, 0.1) is 23.5 Å². The van der Waals surface area contributed by atoms with Crippen molar-refractivity contribution in [2.24, 2.45) is 4.99 Å². The first-order chi connectivity index (χ1) is 21.4. The van der Waals surface area contributed by atoms with Gasteiger partial charge in [-0.25, -0.2) is 9.59 Å². The molecule has 2 aliphatic heterocycles. The molecule has 2 fully saturated rings. The molecule has 3 heterocycles. The number of fused-ring (bicyclic) bond motifs is 1. The maximum absolute atomic E-state index is 13.8. The number of piperidine rings is 1. The molecule has 16 heteroatoms. The second-order valence-corrected chi connectivity index (χ2v) is 11.9. The number of ether oxygens (including phenoxy) is 2. The summed E-state index contributed by atoms with van der Waals surface area (Å²) in [6.45, 7) is 3.38. The van der Waals surface area contributed by atoms with Gasteiger partial charge in [-0.15, -0.1) is 11.3 Å². The van der Waals surface area contributed by atoms with Crippen LogP contribution in [0.2, 0.25) is 0 Å². The fraction of sp³-hybridized carbons (Fsp3) is 0.552. The fourth-order valence-electron chi connectivity index (χ4n) is 5.52. The number of carboxylic acids is 1. The van der Waals surface area contributed by atoms with Crippen molar-refractivity contribution < 1.29 is 46.9 Å². The van der Waals surface area contributed by atoms with E-state index in [0.29, 0.717) is 61.2 Å². The average Bonchev–Trinajstić information content (AvgIpc) is 3.52. The zero-order chi connectivity index (χ0) is 32.8. The van der Waals surface area contributed by atoms with Gasteiger partial charge in [0.25, 0.3) is 11.8 Å². The first kappa shape index (κ1) is 34.0. The van der Waals surface area contributed by atoms with E-state index in [-0.39, 0.29) is 23.9 Å². The summed E-state index contributed by atoms with van der Waals surface area (Å²) in [6.07, 6.45) is 1.76. The van der Waals surface area contributed by atoms with E-state index in [9.17, 15) is 27.6 Å². The summed E-state index contributed by atoms with van der Waals surface area (Å²) in [5.41, 5.74) is -0.420. The lowest BCUT2D eigenvalue weighted by Gasteiger charge is -2.35. The molecule has 0 unspecified atom stereocenters. The number of nitrogens with one attached hydrogen (secondary N) is 3. The van der Waals surface area contributed by atoms with Gasteiger partial charge < -0.3 is 30.1 Å². The number of amides is 4. The number of carbonyl (C=O) groups is 4. The van der Waals surface area contributed by atoms with Gasteiger partial charge in [-0.1, -0.05) is 31.4 Å². The Morgan fingerprint density at radius 3 is 2.44 bits per heavy atom. The molecule has 4 amide bonds. The van der Waals surface area contributed by atoms with Crippen molar-refractivity contribution in [3.05, 3.63) is 23.8 Å². The van der Waals surface area contributed by atoms with E-state index in [1.165, 1.54) is 30.6 Å². The second kappa shape index (κ2) is 14.5. The number of thiophene rings is 1. The van der Waals surface area contributed by atoms with E-state index in [1.54, 1.807) is 12.0 Å². The third-order valence-electron chi connectivity index (χ3n) is 7.84. The smallest absolute Gasteiger partial charge is 0.490 e. The lowest BCUT2D eigenvalue weighted by Crippen LogP contribution is -2.50. The second-order valence-electron chi connectivity index (χ2n) is 10.8. The number of nitrogens with zero attached hydrogens (tertiary/aromatic N) is 2. The molecule has 45 heavy (non-hydrogen) atoms. The number of carbonyl (C=O) groups excluding carboxylic acids is 3. The Morgan fingerprint density at radius 1 is 1.18 bits per heavy atom. The van der Waals surface area contributed by atoms with Crippen LogP contribution in [0.15, 0.2) is 23.2 Å². The first-order valence-corrected chi connectivity index (χ1v) is 15.5. The number of likely N-dealkylation sites (tertiary alicyclic amines) is 1.